The summed E-state index contributed by atoms with van der Waals surface area (Å²) in [6.07, 6.45) is 1.33. The van der Waals surface area contributed by atoms with Crippen LogP contribution in [0.15, 0.2) is 71.8 Å². The Morgan fingerprint density at radius 3 is 2.44 bits per heavy atom. The summed E-state index contributed by atoms with van der Waals surface area (Å²) in [7, 11) is -4.31. The Labute approximate surface area is 222 Å². The molecule has 2 aromatic carbocycles. The first-order valence-electron chi connectivity index (χ1n) is 11.9. The number of Topliss-reactive ketones (excluding diaryl/α,β-unsaturated/α-hetero) is 1. The Bertz CT molecular complexity index is 1680. The summed E-state index contributed by atoms with van der Waals surface area (Å²) in [5, 5.41) is 9.84. The van der Waals surface area contributed by atoms with Crippen LogP contribution in [-0.2, 0) is 28.5 Å². The number of halogens is 2. The average molecular weight is 552 g/mol. The molecule has 12 heteroatoms. The van der Waals surface area contributed by atoms with Crippen LogP contribution in [0.1, 0.15) is 51.6 Å². The number of H-pyrrole nitrogens is 1. The van der Waals surface area contributed by atoms with Gasteiger partial charge in [0.15, 0.2) is 5.78 Å². The first-order chi connectivity index (χ1) is 18.5. The Hall–Kier alpha value is -4.29. The van der Waals surface area contributed by atoms with Gasteiger partial charge < -0.3 is 5.32 Å². The SMILES string of the molecule is CC1(C)c2n[nH]c(CC(=O)c3ccccc3NC(=O)c3ccccn3)c2CN1S(=O)(=O)c1cc(F)cc(F)c1. The van der Waals surface area contributed by atoms with Gasteiger partial charge in [-0.15, -0.1) is 0 Å². The van der Waals surface area contributed by atoms with Crippen molar-refractivity contribution in [1.29, 1.82) is 0 Å². The predicted molar refractivity (Wildman–Crippen MR) is 137 cm³/mol. The molecule has 3 heterocycles. The minimum Gasteiger partial charge on any atom is -0.320 e. The Balaban J connectivity index is 1.41. The normalized spacial score (nSPS) is 14.7. The van der Waals surface area contributed by atoms with Crippen LogP contribution in [0.3, 0.4) is 0 Å². The molecular formula is C27H23F2N5O4S. The highest BCUT2D eigenvalue weighted by molar-refractivity contribution is 7.89. The molecule has 9 nitrogen and oxygen atoms in total. The number of carbonyl (C=O) groups excluding carboxylic acids is 2. The summed E-state index contributed by atoms with van der Waals surface area (Å²) >= 11 is 0. The van der Waals surface area contributed by atoms with Crippen LogP contribution in [0.4, 0.5) is 14.5 Å². The van der Waals surface area contributed by atoms with Crippen molar-refractivity contribution in [1.82, 2.24) is 19.5 Å². The van der Waals surface area contributed by atoms with Crippen LogP contribution < -0.4 is 5.32 Å². The summed E-state index contributed by atoms with van der Waals surface area (Å²) in [5.41, 5.74) is 0.883. The molecule has 1 amide bonds. The van der Waals surface area contributed by atoms with Crippen molar-refractivity contribution in [2.24, 2.45) is 0 Å². The number of hydrogen-bond acceptors (Lipinski definition) is 6. The third-order valence-corrected chi connectivity index (χ3v) is 8.59. The van der Waals surface area contributed by atoms with E-state index in [1.165, 1.54) is 6.20 Å². The third-order valence-electron chi connectivity index (χ3n) is 6.59. The molecule has 4 aromatic rings. The number of hydrogen-bond donors (Lipinski definition) is 2. The van der Waals surface area contributed by atoms with Gasteiger partial charge in [0.05, 0.1) is 28.2 Å². The van der Waals surface area contributed by atoms with E-state index in [9.17, 15) is 26.8 Å². The van der Waals surface area contributed by atoms with Crippen molar-refractivity contribution in [2.75, 3.05) is 5.32 Å². The zero-order valence-corrected chi connectivity index (χ0v) is 21.7. The van der Waals surface area contributed by atoms with E-state index in [0.717, 1.165) is 16.4 Å². The minimum atomic E-state index is -4.31. The van der Waals surface area contributed by atoms with Gasteiger partial charge in [-0.25, -0.2) is 17.2 Å². The number of rotatable bonds is 7. The average Bonchev–Trinajstić information content (AvgIpc) is 3.42. The number of sulfonamides is 1. The second-order valence-electron chi connectivity index (χ2n) is 9.52. The molecule has 0 aliphatic carbocycles. The number of carbonyl (C=O) groups is 2. The van der Waals surface area contributed by atoms with Crippen molar-refractivity contribution in [3.8, 4) is 0 Å². The molecule has 0 unspecified atom stereocenters. The van der Waals surface area contributed by atoms with Gasteiger partial charge in [-0.1, -0.05) is 18.2 Å². The summed E-state index contributed by atoms with van der Waals surface area (Å²) in [4.78, 5) is 29.5. The number of fused-ring (bicyclic) bond motifs is 1. The highest BCUT2D eigenvalue weighted by Gasteiger charge is 2.48. The van der Waals surface area contributed by atoms with Gasteiger partial charge in [-0.2, -0.15) is 9.40 Å². The fourth-order valence-corrected chi connectivity index (χ4v) is 6.41. The predicted octanol–water partition coefficient (Wildman–Crippen LogP) is 4.20. The van der Waals surface area contributed by atoms with Gasteiger partial charge in [0.2, 0.25) is 10.0 Å². The summed E-state index contributed by atoms with van der Waals surface area (Å²) in [6.45, 7) is 3.10. The summed E-state index contributed by atoms with van der Waals surface area (Å²) < 4.78 is 55.5. The standard InChI is InChI=1S/C27H23F2N5O4S/c1-27(2)25-20(15-34(27)39(37,38)18-12-16(28)11-17(29)13-18)23(32-33-25)14-24(35)19-7-3-4-8-21(19)31-26(36)22-9-5-6-10-30-22/h3-13H,14-15H2,1-2H3,(H,31,36)(H,32,33). The summed E-state index contributed by atoms with van der Waals surface area (Å²) in [5.74, 6) is -2.84. The van der Waals surface area contributed by atoms with Crippen molar-refractivity contribution in [3.63, 3.8) is 0 Å². The lowest BCUT2D eigenvalue weighted by atomic mass is 9.99. The number of benzene rings is 2. The Morgan fingerprint density at radius 1 is 1.05 bits per heavy atom. The van der Waals surface area contributed by atoms with Crippen molar-refractivity contribution in [3.05, 3.63) is 107 Å². The van der Waals surface area contributed by atoms with Crippen LogP contribution in [-0.4, -0.2) is 39.6 Å². The minimum absolute atomic E-state index is 0.153. The molecule has 0 fully saturated rings. The maximum Gasteiger partial charge on any atom is 0.274 e. The van der Waals surface area contributed by atoms with Crippen LogP contribution >= 0.6 is 0 Å². The maximum absolute atomic E-state index is 13.8. The number of nitrogens with zero attached hydrogens (tertiary/aromatic N) is 3. The highest BCUT2D eigenvalue weighted by atomic mass is 32.2. The molecule has 0 spiro atoms. The van der Waals surface area contributed by atoms with Gasteiger partial charge in [0, 0.05) is 35.6 Å². The van der Waals surface area contributed by atoms with Crippen molar-refractivity contribution in [2.45, 2.75) is 37.2 Å². The van der Waals surface area contributed by atoms with Gasteiger partial charge >= 0.3 is 0 Å². The van der Waals surface area contributed by atoms with Gasteiger partial charge in [0.25, 0.3) is 5.91 Å². The van der Waals surface area contributed by atoms with E-state index in [-0.39, 0.29) is 30.0 Å². The topological polar surface area (TPSA) is 125 Å². The quantitative estimate of drug-likeness (QED) is 0.332. The largest absolute Gasteiger partial charge is 0.320 e. The molecule has 0 saturated heterocycles. The molecule has 39 heavy (non-hydrogen) atoms. The second-order valence-corrected chi connectivity index (χ2v) is 11.4. The van der Waals surface area contributed by atoms with E-state index < -0.39 is 38.0 Å². The fourth-order valence-electron chi connectivity index (χ4n) is 4.65. The zero-order valence-electron chi connectivity index (χ0n) is 20.9. The zero-order chi connectivity index (χ0) is 27.9. The number of aromatic amines is 1. The maximum atomic E-state index is 13.8. The van der Waals surface area contributed by atoms with Crippen molar-refractivity contribution >= 4 is 27.4 Å². The van der Waals surface area contributed by atoms with Gasteiger partial charge in [-0.3, -0.25) is 19.7 Å². The number of amides is 1. The Kier molecular flexibility index (Phi) is 6.60. The number of nitrogens with one attached hydrogen (secondary N) is 2. The van der Waals surface area contributed by atoms with Crippen LogP contribution in [0.5, 0.6) is 0 Å². The van der Waals surface area contributed by atoms with Gasteiger partial charge in [0.1, 0.15) is 17.3 Å². The lowest BCUT2D eigenvalue weighted by Crippen LogP contribution is -2.40. The molecule has 2 aromatic heterocycles. The monoisotopic (exact) mass is 551 g/mol. The van der Waals surface area contributed by atoms with Crippen LogP contribution in [0.25, 0.3) is 0 Å². The first-order valence-corrected chi connectivity index (χ1v) is 13.3. The van der Waals surface area contributed by atoms with Crippen molar-refractivity contribution < 1.29 is 26.8 Å². The van der Waals surface area contributed by atoms with E-state index in [1.54, 1.807) is 56.3 Å². The van der Waals surface area contributed by atoms with E-state index in [0.29, 0.717) is 28.7 Å². The molecule has 0 atom stereocenters. The first kappa shape index (κ1) is 26.3. The molecule has 0 bridgehead atoms. The molecule has 1 aliphatic heterocycles. The molecule has 1 aliphatic rings. The summed E-state index contributed by atoms with van der Waals surface area (Å²) in [6, 6.07) is 13.5. The molecule has 2 N–H and O–H groups in total. The van der Waals surface area contributed by atoms with Crippen LogP contribution in [0.2, 0.25) is 0 Å². The molecule has 0 saturated carbocycles. The van der Waals surface area contributed by atoms with E-state index >= 15 is 0 Å². The lowest BCUT2D eigenvalue weighted by molar-refractivity contribution is 0.0992. The fraction of sp³-hybridized carbons (Fsp3) is 0.185. The molecular weight excluding hydrogens is 528 g/mol. The van der Waals surface area contributed by atoms with E-state index in [2.05, 4.69) is 20.5 Å². The smallest absolute Gasteiger partial charge is 0.274 e. The number of aromatic nitrogens is 3. The number of pyridine rings is 1. The second kappa shape index (κ2) is 9.79. The third kappa shape index (κ3) is 4.84. The van der Waals surface area contributed by atoms with E-state index in [4.69, 9.17) is 0 Å². The van der Waals surface area contributed by atoms with E-state index in [1.807, 2.05) is 0 Å². The number of para-hydroxylation sites is 1. The molecule has 200 valence electrons. The molecule has 0 radical (unpaired) electrons. The number of anilines is 1. The van der Waals surface area contributed by atoms with Gasteiger partial charge in [-0.05, 0) is 50.2 Å². The van der Waals surface area contributed by atoms with Crippen LogP contribution in [0, 0.1) is 11.6 Å². The Morgan fingerprint density at radius 2 is 1.74 bits per heavy atom. The molecule has 5 rings (SSSR count). The highest BCUT2D eigenvalue weighted by Crippen LogP contribution is 2.42. The number of ketones is 1. The lowest BCUT2D eigenvalue weighted by Gasteiger charge is -2.30.